The highest BCUT2D eigenvalue weighted by Crippen LogP contribution is 2.45. The quantitative estimate of drug-likeness (QED) is 0.350. The molecule has 0 aliphatic carbocycles. The molecule has 2 atom stereocenters. The molecule has 174 valence electrons. The molecule has 0 saturated heterocycles. The summed E-state index contributed by atoms with van der Waals surface area (Å²) in [5.41, 5.74) is 5.01. The van der Waals surface area contributed by atoms with Crippen LogP contribution in [0.5, 0.6) is 0 Å². The van der Waals surface area contributed by atoms with Crippen molar-refractivity contribution in [3.05, 3.63) is 94.0 Å². The summed E-state index contributed by atoms with van der Waals surface area (Å²) in [4.78, 5) is 3.70. The van der Waals surface area contributed by atoms with Crippen LogP contribution in [0.4, 0.5) is 5.69 Å². The summed E-state index contributed by atoms with van der Waals surface area (Å²) in [6.07, 6.45) is 11.4. The largest absolute Gasteiger partial charge is 0.366 e. The monoisotopic (exact) mass is 487 g/mol. The molecular formula is C29H31N2OS2+. The van der Waals surface area contributed by atoms with Gasteiger partial charge in [-0.15, -0.1) is 0 Å². The maximum absolute atomic E-state index is 6.30. The zero-order chi connectivity index (χ0) is 23.7. The summed E-state index contributed by atoms with van der Waals surface area (Å²) in [5, 5.41) is 2.53. The van der Waals surface area contributed by atoms with Crippen molar-refractivity contribution < 1.29 is 9.30 Å². The van der Waals surface area contributed by atoms with E-state index in [1.54, 1.807) is 0 Å². The van der Waals surface area contributed by atoms with Crippen LogP contribution in [-0.4, -0.2) is 18.8 Å². The predicted octanol–water partition coefficient (Wildman–Crippen LogP) is 7.36. The Labute approximate surface area is 210 Å². The SMILES string of the molecule is CCN1C(=CC=C2C=C(C=Cc3sc4ccccc4[n+]3CC)C(C)OC2C)Sc2ccccc21. The van der Waals surface area contributed by atoms with Crippen molar-refractivity contribution in [1.29, 1.82) is 0 Å². The maximum atomic E-state index is 6.30. The first-order valence-electron chi connectivity index (χ1n) is 12.0. The molecule has 1 aromatic heterocycles. The van der Waals surface area contributed by atoms with E-state index in [0.29, 0.717) is 0 Å². The third kappa shape index (κ3) is 4.40. The molecule has 0 N–H and O–H groups in total. The minimum absolute atomic E-state index is 0.0674. The van der Waals surface area contributed by atoms with Gasteiger partial charge in [-0.05, 0) is 69.2 Å². The fourth-order valence-electron chi connectivity index (χ4n) is 4.60. The van der Waals surface area contributed by atoms with Gasteiger partial charge in [0, 0.05) is 23.6 Å². The zero-order valence-corrected chi connectivity index (χ0v) is 21.8. The van der Waals surface area contributed by atoms with Gasteiger partial charge in [-0.1, -0.05) is 59.5 Å². The first-order valence-corrected chi connectivity index (χ1v) is 13.6. The number of thiazole rings is 1. The highest BCUT2D eigenvalue weighted by Gasteiger charge is 2.24. The number of nitrogens with zero attached hydrogens (tertiary/aromatic N) is 2. The van der Waals surface area contributed by atoms with Gasteiger partial charge in [-0.2, -0.15) is 4.57 Å². The molecule has 34 heavy (non-hydrogen) atoms. The number of fused-ring (bicyclic) bond motifs is 2. The van der Waals surface area contributed by atoms with Crippen LogP contribution in [0.25, 0.3) is 16.3 Å². The molecule has 0 amide bonds. The van der Waals surface area contributed by atoms with Gasteiger partial charge >= 0.3 is 0 Å². The van der Waals surface area contributed by atoms with Gasteiger partial charge < -0.3 is 9.64 Å². The van der Waals surface area contributed by atoms with E-state index in [1.807, 2.05) is 23.1 Å². The van der Waals surface area contributed by atoms with Crippen molar-refractivity contribution in [2.24, 2.45) is 0 Å². The van der Waals surface area contributed by atoms with E-state index < -0.39 is 0 Å². The Hall–Kier alpha value is -2.60. The van der Waals surface area contributed by atoms with Gasteiger partial charge in [0.05, 0.1) is 22.9 Å². The summed E-state index contributed by atoms with van der Waals surface area (Å²) < 4.78 is 10.0. The molecule has 3 aromatic rings. The number of hydrogen-bond donors (Lipinski definition) is 0. The zero-order valence-electron chi connectivity index (χ0n) is 20.2. The second kappa shape index (κ2) is 9.95. The lowest BCUT2D eigenvalue weighted by Gasteiger charge is -2.27. The highest BCUT2D eigenvalue weighted by molar-refractivity contribution is 8.03. The smallest absolute Gasteiger partial charge is 0.262 e. The molecule has 3 nitrogen and oxygen atoms in total. The summed E-state index contributed by atoms with van der Waals surface area (Å²) >= 11 is 3.68. The Kier molecular flexibility index (Phi) is 6.77. The predicted molar refractivity (Wildman–Crippen MR) is 146 cm³/mol. The second-order valence-electron chi connectivity index (χ2n) is 8.54. The Bertz CT molecular complexity index is 1330. The summed E-state index contributed by atoms with van der Waals surface area (Å²) in [7, 11) is 0. The van der Waals surface area contributed by atoms with Gasteiger partial charge in [-0.3, -0.25) is 0 Å². The van der Waals surface area contributed by atoms with Crippen LogP contribution in [0, 0.1) is 0 Å². The number of para-hydroxylation sites is 2. The molecule has 2 aromatic carbocycles. The first-order chi connectivity index (χ1) is 16.6. The topological polar surface area (TPSA) is 16.4 Å². The Morgan fingerprint density at radius 3 is 2.59 bits per heavy atom. The van der Waals surface area contributed by atoms with Crippen molar-refractivity contribution in [1.82, 2.24) is 0 Å². The highest BCUT2D eigenvalue weighted by atomic mass is 32.2. The summed E-state index contributed by atoms with van der Waals surface area (Å²) in [5.74, 6) is 0. The van der Waals surface area contributed by atoms with Crippen LogP contribution in [0.15, 0.2) is 93.9 Å². The number of aryl methyl sites for hydroxylation is 1. The van der Waals surface area contributed by atoms with E-state index in [9.17, 15) is 0 Å². The summed E-state index contributed by atoms with van der Waals surface area (Å²) in [6, 6.07) is 17.2. The Morgan fingerprint density at radius 2 is 1.76 bits per heavy atom. The number of aromatic nitrogens is 1. The van der Waals surface area contributed by atoms with Gasteiger partial charge in [-0.25, -0.2) is 0 Å². The average Bonchev–Trinajstić information content (AvgIpc) is 3.39. The van der Waals surface area contributed by atoms with Crippen LogP contribution in [0.2, 0.25) is 0 Å². The third-order valence-corrected chi connectivity index (χ3v) is 8.68. The van der Waals surface area contributed by atoms with Gasteiger partial charge in [0.2, 0.25) is 5.52 Å². The van der Waals surface area contributed by atoms with Crippen molar-refractivity contribution in [3.63, 3.8) is 0 Å². The standard InChI is InChI=1S/C29H31N2OS2/c1-5-30-24-11-7-9-13-26(24)33-28(30)17-15-22-19-23(21(4)32-20(22)3)16-18-29-31(6-2)25-12-8-10-14-27(25)34-29/h7-21H,5-6H2,1-4H3/q+1. The number of benzene rings is 2. The normalized spacial score (nSPS) is 22.8. The fraction of sp³-hybridized carbons (Fsp3) is 0.276. The van der Waals surface area contributed by atoms with E-state index >= 15 is 0 Å². The van der Waals surface area contributed by atoms with Crippen LogP contribution >= 0.6 is 23.1 Å². The van der Waals surface area contributed by atoms with Crippen LogP contribution in [0.1, 0.15) is 32.7 Å². The van der Waals surface area contributed by atoms with Crippen LogP contribution in [-0.2, 0) is 11.3 Å². The van der Waals surface area contributed by atoms with Gasteiger partial charge in [0.25, 0.3) is 5.01 Å². The van der Waals surface area contributed by atoms with Gasteiger partial charge in [0.15, 0.2) is 0 Å². The van der Waals surface area contributed by atoms with E-state index in [2.05, 4.69) is 116 Å². The number of thioether (sulfide) groups is 1. The third-order valence-electron chi connectivity index (χ3n) is 6.42. The molecule has 0 saturated carbocycles. The van der Waals surface area contributed by atoms with Crippen LogP contribution in [0.3, 0.4) is 0 Å². The fourth-order valence-corrected chi connectivity index (χ4v) is 6.86. The second-order valence-corrected chi connectivity index (χ2v) is 10.7. The van der Waals surface area contributed by atoms with E-state index in [4.69, 9.17) is 4.74 Å². The number of ether oxygens (including phenoxy) is 1. The van der Waals surface area contributed by atoms with Crippen molar-refractivity contribution in [3.8, 4) is 0 Å². The molecule has 0 bridgehead atoms. The molecule has 2 aliphatic heterocycles. The Morgan fingerprint density at radius 1 is 0.971 bits per heavy atom. The van der Waals surface area contributed by atoms with E-state index in [0.717, 1.165) is 13.1 Å². The molecule has 2 aliphatic rings. The molecule has 0 spiro atoms. The van der Waals surface area contributed by atoms with Crippen molar-refractivity contribution in [2.75, 3.05) is 11.4 Å². The van der Waals surface area contributed by atoms with Gasteiger partial charge in [0.1, 0.15) is 11.2 Å². The van der Waals surface area contributed by atoms with Crippen LogP contribution < -0.4 is 9.47 Å². The molecule has 5 rings (SSSR count). The molecule has 0 radical (unpaired) electrons. The average molecular weight is 488 g/mol. The van der Waals surface area contributed by atoms with E-state index in [-0.39, 0.29) is 12.2 Å². The van der Waals surface area contributed by atoms with Crippen molar-refractivity contribution in [2.45, 2.75) is 51.3 Å². The molecular weight excluding hydrogens is 456 g/mol. The Balaban J connectivity index is 1.44. The molecule has 0 fully saturated rings. The maximum Gasteiger partial charge on any atom is 0.262 e. The lowest BCUT2D eigenvalue weighted by molar-refractivity contribution is -0.665. The molecule has 5 heteroatoms. The minimum atomic E-state index is 0.0674. The summed E-state index contributed by atoms with van der Waals surface area (Å²) in [6.45, 7) is 10.6. The molecule has 2 unspecified atom stereocenters. The minimum Gasteiger partial charge on any atom is -0.366 e. The molecule has 3 heterocycles. The number of hydrogen-bond acceptors (Lipinski definition) is 4. The lowest BCUT2D eigenvalue weighted by atomic mass is 9.99. The number of rotatable bonds is 5. The number of allylic oxidation sites excluding steroid dienone is 2. The lowest BCUT2D eigenvalue weighted by Crippen LogP contribution is -2.33. The first kappa shape index (κ1) is 23.2. The van der Waals surface area contributed by atoms with E-state index in [1.165, 1.54) is 42.0 Å². The van der Waals surface area contributed by atoms with Crippen molar-refractivity contribution >= 4 is 45.1 Å². The number of anilines is 1.